The maximum atomic E-state index is 12.4. The molecule has 136 valence electrons. The first kappa shape index (κ1) is 16.8. The van der Waals surface area contributed by atoms with Crippen LogP contribution in [0.2, 0.25) is 0 Å². The molecule has 6 heteroatoms. The first-order valence-corrected chi connectivity index (χ1v) is 8.87. The normalized spacial score (nSPS) is 20.1. The van der Waals surface area contributed by atoms with Crippen molar-refractivity contribution in [1.82, 2.24) is 9.88 Å². The molecule has 0 spiro atoms. The maximum absolute atomic E-state index is 12.4. The Bertz CT molecular complexity index is 791. The van der Waals surface area contributed by atoms with Gasteiger partial charge in [-0.05, 0) is 37.0 Å². The Morgan fingerprint density at radius 2 is 2.12 bits per heavy atom. The Labute approximate surface area is 152 Å². The molecule has 1 aromatic heterocycles. The van der Waals surface area contributed by atoms with Crippen molar-refractivity contribution in [3.63, 3.8) is 0 Å². The largest absolute Gasteiger partial charge is 0.497 e. The van der Waals surface area contributed by atoms with Crippen LogP contribution in [-0.2, 0) is 9.53 Å². The number of carbonyl (C=O) groups is 1. The molecule has 1 aromatic carbocycles. The van der Waals surface area contributed by atoms with Crippen molar-refractivity contribution in [2.75, 3.05) is 26.9 Å². The van der Waals surface area contributed by atoms with E-state index in [1.54, 1.807) is 19.5 Å². The molecule has 1 aliphatic carbocycles. The van der Waals surface area contributed by atoms with Crippen molar-refractivity contribution in [3.8, 4) is 17.2 Å². The van der Waals surface area contributed by atoms with Crippen LogP contribution in [0.4, 0.5) is 0 Å². The minimum absolute atomic E-state index is 0.0318. The van der Waals surface area contributed by atoms with Gasteiger partial charge >= 0.3 is 0 Å². The Hall–Kier alpha value is -2.60. The molecule has 1 aliphatic heterocycles. The first-order valence-electron chi connectivity index (χ1n) is 8.87. The highest BCUT2D eigenvalue weighted by Crippen LogP contribution is 2.38. The molecule has 1 unspecified atom stereocenters. The molecule has 6 nitrogen and oxygen atoms in total. The maximum Gasteiger partial charge on any atom is 0.249 e. The zero-order chi connectivity index (χ0) is 17.9. The van der Waals surface area contributed by atoms with Crippen LogP contribution in [-0.4, -0.2) is 42.7 Å². The van der Waals surface area contributed by atoms with Gasteiger partial charge in [0.1, 0.15) is 23.9 Å². The Morgan fingerprint density at radius 1 is 1.27 bits per heavy atom. The number of pyridine rings is 1. The standard InChI is InChI=1S/C20H22N2O4/c1-24-15-3-2-4-16(9-15)26-19-7-8-21-10-17(19)18-12-25-13-20(23)22(18)11-14-5-6-14/h2-4,7-10,14,18H,5-6,11-13H2,1H3. The summed E-state index contributed by atoms with van der Waals surface area (Å²) in [4.78, 5) is 18.6. The fourth-order valence-corrected chi connectivity index (χ4v) is 3.20. The summed E-state index contributed by atoms with van der Waals surface area (Å²) < 4.78 is 16.9. The van der Waals surface area contributed by atoms with E-state index in [2.05, 4.69) is 4.98 Å². The van der Waals surface area contributed by atoms with E-state index < -0.39 is 0 Å². The van der Waals surface area contributed by atoms with E-state index in [1.807, 2.05) is 35.2 Å². The Balaban J connectivity index is 1.62. The molecule has 1 atom stereocenters. The van der Waals surface area contributed by atoms with E-state index in [-0.39, 0.29) is 18.6 Å². The highest BCUT2D eigenvalue weighted by molar-refractivity contribution is 5.78. The fourth-order valence-electron chi connectivity index (χ4n) is 3.20. The SMILES string of the molecule is COc1cccc(Oc2ccncc2C2COCC(=O)N2CC2CC2)c1. The molecule has 1 amide bonds. The summed E-state index contributed by atoms with van der Waals surface area (Å²) in [7, 11) is 1.62. The van der Waals surface area contributed by atoms with Crippen molar-refractivity contribution in [3.05, 3.63) is 48.3 Å². The summed E-state index contributed by atoms with van der Waals surface area (Å²) in [6.07, 6.45) is 5.84. The van der Waals surface area contributed by atoms with Crippen LogP contribution in [0.1, 0.15) is 24.4 Å². The average Bonchev–Trinajstić information content (AvgIpc) is 3.48. The Kier molecular flexibility index (Phi) is 4.75. The molecule has 2 heterocycles. The first-order chi connectivity index (χ1) is 12.7. The second-order valence-electron chi connectivity index (χ2n) is 6.71. The van der Waals surface area contributed by atoms with Crippen molar-refractivity contribution in [2.45, 2.75) is 18.9 Å². The number of benzene rings is 1. The monoisotopic (exact) mass is 354 g/mol. The number of ether oxygens (including phenoxy) is 3. The summed E-state index contributed by atoms with van der Waals surface area (Å²) in [5.74, 6) is 2.72. The van der Waals surface area contributed by atoms with Crippen molar-refractivity contribution in [1.29, 1.82) is 0 Å². The molecule has 1 saturated heterocycles. The van der Waals surface area contributed by atoms with E-state index in [0.717, 1.165) is 17.9 Å². The van der Waals surface area contributed by atoms with Crippen molar-refractivity contribution >= 4 is 5.91 Å². The Morgan fingerprint density at radius 3 is 2.92 bits per heavy atom. The van der Waals surface area contributed by atoms with E-state index in [1.165, 1.54) is 12.8 Å². The zero-order valence-electron chi connectivity index (χ0n) is 14.8. The van der Waals surface area contributed by atoms with Crippen molar-refractivity contribution < 1.29 is 19.0 Å². The molecule has 26 heavy (non-hydrogen) atoms. The van der Waals surface area contributed by atoms with Gasteiger partial charge in [0, 0.05) is 30.6 Å². The third-order valence-corrected chi connectivity index (χ3v) is 4.79. The summed E-state index contributed by atoms with van der Waals surface area (Å²) >= 11 is 0. The van der Waals surface area contributed by atoms with Gasteiger partial charge in [0.05, 0.1) is 19.8 Å². The lowest BCUT2D eigenvalue weighted by atomic mass is 10.1. The number of hydrogen-bond donors (Lipinski definition) is 0. The average molecular weight is 354 g/mol. The summed E-state index contributed by atoms with van der Waals surface area (Å²) in [5.41, 5.74) is 0.865. The van der Waals surface area contributed by atoms with E-state index in [9.17, 15) is 4.79 Å². The highest BCUT2D eigenvalue weighted by atomic mass is 16.5. The van der Waals surface area contributed by atoms with Crippen LogP contribution in [0.5, 0.6) is 17.2 Å². The molecule has 4 rings (SSSR count). The predicted molar refractivity (Wildman–Crippen MR) is 95.3 cm³/mol. The lowest BCUT2D eigenvalue weighted by Crippen LogP contribution is -2.45. The number of hydrogen-bond acceptors (Lipinski definition) is 5. The van der Waals surface area contributed by atoms with Gasteiger partial charge in [0.25, 0.3) is 0 Å². The molecular formula is C20H22N2O4. The number of rotatable bonds is 6. The number of aromatic nitrogens is 1. The number of amides is 1. The summed E-state index contributed by atoms with van der Waals surface area (Å²) in [6, 6.07) is 9.09. The minimum Gasteiger partial charge on any atom is -0.497 e. The van der Waals surface area contributed by atoms with Crippen LogP contribution in [0.15, 0.2) is 42.7 Å². The van der Waals surface area contributed by atoms with Crippen LogP contribution in [0.25, 0.3) is 0 Å². The molecule has 0 N–H and O–H groups in total. The second-order valence-corrected chi connectivity index (χ2v) is 6.71. The van der Waals surface area contributed by atoms with E-state index >= 15 is 0 Å². The van der Waals surface area contributed by atoms with Gasteiger partial charge in [-0.1, -0.05) is 6.07 Å². The predicted octanol–water partition coefficient (Wildman–Crippen LogP) is 3.19. The minimum atomic E-state index is -0.175. The zero-order valence-corrected chi connectivity index (χ0v) is 14.8. The second kappa shape index (κ2) is 7.33. The third kappa shape index (κ3) is 3.65. The number of nitrogens with zero attached hydrogens (tertiary/aromatic N) is 2. The number of methoxy groups -OCH3 is 1. The molecular weight excluding hydrogens is 332 g/mol. The third-order valence-electron chi connectivity index (χ3n) is 4.79. The lowest BCUT2D eigenvalue weighted by Gasteiger charge is -2.36. The molecule has 2 fully saturated rings. The highest BCUT2D eigenvalue weighted by Gasteiger charge is 2.36. The van der Waals surface area contributed by atoms with Gasteiger partial charge in [0.15, 0.2) is 0 Å². The van der Waals surface area contributed by atoms with Gasteiger partial charge < -0.3 is 19.1 Å². The van der Waals surface area contributed by atoms with Gasteiger partial charge in [-0.3, -0.25) is 9.78 Å². The quantitative estimate of drug-likeness (QED) is 0.797. The van der Waals surface area contributed by atoms with Crippen LogP contribution in [0.3, 0.4) is 0 Å². The smallest absolute Gasteiger partial charge is 0.249 e. The summed E-state index contributed by atoms with van der Waals surface area (Å²) in [5, 5.41) is 0. The summed E-state index contributed by atoms with van der Waals surface area (Å²) in [6.45, 7) is 1.38. The van der Waals surface area contributed by atoms with E-state index in [4.69, 9.17) is 14.2 Å². The van der Waals surface area contributed by atoms with Crippen LogP contribution < -0.4 is 9.47 Å². The fraction of sp³-hybridized carbons (Fsp3) is 0.400. The molecule has 2 aliphatic rings. The topological polar surface area (TPSA) is 60.9 Å². The van der Waals surface area contributed by atoms with Crippen LogP contribution >= 0.6 is 0 Å². The van der Waals surface area contributed by atoms with Gasteiger partial charge in [-0.15, -0.1) is 0 Å². The van der Waals surface area contributed by atoms with E-state index in [0.29, 0.717) is 24.0 Å². The molecule has 2 aromatic rings. The molecule has 1 saturated carbocycles. The number of carbonyl (C=O) groups excluding carboxylic acids is 1. The van der Waals surface area contributed by atoms with Gasteiger partial charge in [-0.25, -0.2) is 0 Å². The van der Waals surface area contributed by atoms with Gasteiger partial charge in [-0.2, -0.15) is 0 Å². The van der Waals surface area contributed by atoms with Crippen molar-refractivity contribution in [2.24, 2.45) is 5.92 Å². The molecule has 0 radical (unpaired) electrons. The molecule has 0 bridgehead atoms. The number of morpholine rings is 1. The van der Waals surface area contributed by atoms with Crippen LogP contribution in [0, 0.1) is 5.92 Å². The van der Waals surface area contributed by atoms with Gasteiger partial charge in [0.2, 0.25) is 5.91 Å². The lowest BCUT2D eigenvalue weighted by molar-refractivity contribution is -0.148.